The van der Waals surface area contributed by atoms with Crippen LogP contribution >= 0.6 is 0 Å². The van der Waals surface area contributed by atoms with Crippen LogP contribution in [-0.2, 0) is 6.42 Å². The molecule has 0 aliphatic rings. The van der Waals surface area contributed by atoms with Gasteiger partial charge in [-0.3, -0.25) is 4.79 Å². The molecule has 1 aromatic rings. The fourth-order valence-electron chi connectivity index (χ4n) is 0.651. The van der Waals surface area contributed by atoms with Crippen LogP contribution in [0.5, 0.6) is 0 Å². The smallest absolute Gasteiger partial charge is 0.168 e. The van der Waals surface area contributed by atoms with E-state index in [1.807, 2.05) is 6.92 Å². The van der Waals surface area contributed by atoms with Gasteiger partial charge in [-0.15, -0.1) is 0 Å². The summed E-state index contributed by atoms with van der Waals surface area (Å²) in [5, 5.41) is 0. The number of rotatable bonds is 2. The minimum Gasteiger partial charge on any atom is -0.296 e. The van der Waals surface area contributed by atoms with Gasteiger partial charge in [0.15, 0.2) is 6.29 Å². The summed E-state index contributed by atoms with van der Waals surface area (Å²) in [5.74, 6) is 0.713. The van der Waals surface area contributed by atoms with E-state index in [1.165, 1.54) is 0 Å². The molecule has 0 N–H and O–H groups in total. The molecule has 0 aliphatic carbocycles. The Balaban J connectivity index is 2.98. The predicted octanol–water partition coefficient (Wildman–Crippen LogP) is 0.851. The molecule has 0 saturated heterocycles. The number of aryl methyl sites for hydroxylation is 1. The average Bonchev–Trinajstić information content (AvgIpc) is 2.05. The summed E-state index contributed by atoms with van der Waals surface area (Å²) < 4.78 is 0. The van der Waals surface area contributed by atoms with Gasteiger partial charge in [0.2, 0.25) is 0 Å². The summed E-state index contributed by atoms with van der Waals surface area (Å²) in [4.78, 5) is 18.1. The molecule has 52 valence electrons. The molecule has 0 bridgehead atoms. The number of aromatic nitrogens is 2. The lowest BCUT2D eigenvalue weighted by Gasteiger charge is -1.92. The normalized spacial score (nSPS) is 9.30. The van der Waals surface area contributed by atoms with Crippen LogP contribution < -0.4 is 0 Å². The summed E-state index contributed by atoms with van der Waals surface area (Å²) >= 11 is 0. The van der Waals surface area contributed by atoms with Crippen molar-refractivity contribution in [1.82, 2.24) is 9.97 Å². The fraction of sp³-hybridized carbons (Fsp3) is 0.286. The second kappa shape index (κ2) is 3.06. The van der Waals surface area contributed by atoms with Crippen LogP contribution in [0.15, 0.2) is 12.3 Å². The van der Waals surface area contributed by atoms with Gasteiger partial charge in [0.1, 0.15) is 11.5 Å². The van der Waals surface area contributed by atoms with Crippen molar-refractivity contribution >= 4 is 6.29 Å². The molecule has 0 spiro atoms. The van der Waals surface area contributed by atoms with Crippen LogP contribution in [0.25, 0.3) is 0 Å². The fourth-order valence-corrected chi connectivity index (χ4v) is 0.651. The van der Waals surface area contributed by atoms with Gasteiger partial charge in [0.05, 0.1) is 0 Å². The molecule has 10 heavy (non-hydrogen) atoms. The molecule has 0 aliphatic heterocycles. The van der Waals surface area contributed by atoms with Crippen LogP contribution in [0.2, 0.25) is 0 Å². The molecule has 3 nitrogen and oxygen atoms in total. The quantitative estimate of drug-likeness (QED) is 0.566. The molecule has 0 fully saturated rings. The first-order chi connectivity index (χ1) is 4.86. The number of hydrogen-bond acceptors (Lipinski definition) is 3. The minimum absolute atomic E-state index is 0.451. The Hall–Kier alpha value is -1.25. The Bertz CT molecular complexity index is 235. The van der Waals surface area contributed by atoms with E-state index in [-0.39, 0.29) is 0 Å². The Kier molecular flexibility index (Phi) is 2.10. The molecular weight excluding hydrogens is 128 g/mol. The zero-order valence-corrected chi connectivity index (χ0v) is 5.74. The van der Waals surface area contributed by atoms with Crippen molar-refractivity contribution in [3.05, 3.63) is 23.8 Å². The van der Waals surface area contributed by atoms with Crippen molar-refractivity contribution in [2.75, 3.05) is 0 Å². The minimum atomic E-state index is 0.451. The summed E-state index contributed by atoms with van der Waals surface area (Å²) in [6.07, 6.45) is 3.08. The molecule has 0 aromatic carbocycles. The van der Waals surface area contributed by atoms with Crippen LogP contribution in [0.3, 0.4) is 0 Å². The monoisotopic (exact) mass is 136 g/mol. The number of nitrogens with zero attached hydrogens (tertiary/aromatic N) is 2. The lowest BCUT2D eigenvalue weighted by atomic mass is 10.4. The van der Waals surface area contributed by atoms with Crippen molar-refractivity contribution in [3.8, 4) is 0 Å². The maximum atomic E-state index is 10.2. The van der Waals surface area contributed by atoms with Crippen molar-refractivity contribution in [2.24, 2.45) is 0 Å². The second-order valence-corrected chi connectivity index (χ2v) is 1.87. The first-order valence-electron chi connectivity index (χ1n) is 3.14. The zero-order chi connectivity index (χ0) is 7.40. The topological polar surface area (TPSA) is 42.9 Å². The van der Waals surface area contributed by atoms with Crippen LogP contribution in [-0.4, -0.2) is 16.3 Å². The van der Waals surface area contributed by atoms with E-state index in [4.69, 9.17) is 0 Å². The average molecular weight is 136 g/mol. The maximum Gasteiger partial charge on any atom is 0.168 e. The van der Waals surface area contributed by atoms with E-state index in [0.717, 1.165) is 12.7 Å². The van der Waals surface area contributed by atoms with Crippen LogP contribution in [0, 0.1) is 0 Å². The third kappa shape index (κ3) is 1.37. The predicted molar refractivity (Wildman–Crippen MR) is 36.8 cm³/mol. The largest absolute Gasteiger partial charge is 0.296 e. The molecule has 0 amide bonds. The first kappa shape index (κ1) is 6.86. The molecule has 1 rings (SSSR count). The molecule has 0 atom stereocenters. The standard InChI is InChI=1S/C7H8N2O/c1-2-7-8-4-3-6(5-10)9-7/h3-5H,2H2,1H3. The van der Waals surface area contributed by atoms with Crippen molar-refractivity contribution in [1.29, 1.82) is 0 Å². The van der Waals surface area contributed by atoms with Gasteiger partial charge in [-0.2, -0.15) is 0 Å². The van der Waals surface area contributed by atoms with Crippen LogP contribution in [0.4, 0.5) is 0 Å². The summed E-state index contributed by atoms with van der Waals surface area (Å²) in [6, 6.07) is 1.59. The van der Waals surface area contributed by atoms with Crippen molar-refractivity contribution in [3.63, 3.8) is 0 Å². The lowest BCUT2D eigenvalue weighted by molar-refractivity contribution is 0.111. The van der Waals surface area contributed by atoms with Crippen LogP contribution in [0.1, 0.15) is 23.2 Å². The third-order valence-electron chi connectivity index (χ3n) is 1.16. The molecular formula is C7H8N2O. The van der Waals surface area contributed by atoms with E-state index < -0.39 is 0 Å². The Morgan fingerprint density at radius 2 is 2.50 bits per heavy atom. The number of hydrogen-bond donors (Lipinski definition) is 0. The molecule has 1 aromatic heterocycles. The van der Waals surface area contributed by atoms with Gasteiger partial charge in [0.25, 0.3) is 0 Å². The SMILES string of the molecule is CCc1nccc(C=O)n1. The van der Waals surface area contributed by atoms with E-state index in [2.05, 4.69) is 9.97 Å². The van der Waals surface area contributed by atoms with Gasteiger partial charge >= 0.3 is 0 Å². The Morgan fingerprint density at radius 3 is 3.10 bits per heavy atom. The Labute approximate surface area is 59.1 Å². The van der Waals surface area contributed by atoms with E-state index >= 15 is 0 Å². The van der Waals surface area contributed by atoms with Crippen molar-refractivity contribution in [2.45, 2.75) is 13.3 Å². The molecule has 1 heterocycles. The summed E-state index contributed by atoms with van der Waals surface area (Å²) in [7, 11) is 0. The second-order valence-electron chi connectivity index (χ2n) is 1.87. The first-order valence-corrected chi connectivity index (χ1v) is 3.14. The molecule has 3 heteroatoms. The molecule has 0 saturated carbocycles. The zero-order valence-electron chi connectivity index (χ0n) is 5.74. The van der Waals surface area contributed by atoms with Gasteiger partial charge in [-0.05, 0) is 6.07 Å². The Morgan fingerprint density at radius 1 is 1.70 bits per heavy atom. The molecule has 0 radical (unpaired) electrons. The van der Waals surface area contributed by atoms with E-state index in [9.17, 15) is 4.79 Å². The van der Waals surface area contributed by atoms with Gasteiger partial charge in [0, 0.05) is 12.6 Å². The highest BCUT2D eigenvalue weighted by atomic mass is 16.1. The van der Waals surface area contributed by atoms with E-state index in [1.54, 1.807) is 12.3 Å². The van der Waals surface area contributed by atoms with Crippen molar-refractivity contribution < 1.29 is 4.79 Å². The highest BCUT2D eigenvalue weighted by molar-refractivity contribution is 5.71. The summed E-state index contributed by atoms with van der Waals surface area (Å²) in [6.45, 7) is 1.95. The van der Waals surface area contributed by atoms with Gasteiger partial charge < -0.3 is 0 Å². The number of aldehydes is 1. The number of carbonyl (C=O) groups excluding carboxylic acids is 1. The summed E-state index contributed by atoms with van der Waals surface area (Å²) in [5.41, 5.74) is 0.451. The maximum absolute atomic E-state index is 10.2. The lowest BCUT2D eigenvalue weighted by Crippen LogP contribution is -1.95. The van der Waals surface area contributed by atoms with Gasteiger partial charge in [-0.25, -0.2) is 9.97 Å². The highest BCUT2D eigenvalue weighted by Gasteiger charge is 1.93. The number of carbonyl (C=O) groups is 1. The third-order valence-corrected chi connectivity index (χ3v) is 1.16. The van der Waals surface area contributed by atoms with E-state index in [0.29, 0.717) is 11.5 Å². The molecule has 0 unspecified atom stereocenters. The highest BCUT2D eigenvalue weighted by Crippen LogP contribution is 1.92. The van der Waals surface area contributed by atoms with Gasteiger partial charge in [-0.1, -0.05) is 6.92 Å².